The van der Waals surface area contributed by atoms with Gasteiger partial charge in [0.05, 0.1) is 0 Å². The van der Waals surface area contributed by atoms with E-state index in [-0.39, 0.29) is 6.42 Å². The number of esters is 1. The van der Waals surface area contributed by atoms with Crippen LogP contribution >= 0.6 is 0 Å². The lowest BCUT2D eigenvalue weighted by molar-refractivity contribution is -0.149. The Morgan fingerprint density at radius 2 is 1.89 bits per heavy atom. The Morgan fingerprint density at radius 3 is 2.42 bits per heavy atom. The van der Waals surface area contributed by atoms with E-state index in [2.05, 4.69) is 9.64 Å². The van der Waals surface area contributed by atoms with Gasteiger partial charge in [-0.25, -0.2) is 0 Å². The Morgan fingerprint density at radius 1 is 1.32 bits per heavy atom. The third-order valence-electron chi connectivity index (χ3n) is 2.83. The van der Waals surface area contributed by atoms with Crippen molar-refractivity contribution in [2.24, 2.45) is 0 Å². The molecule has 0 atom stereocenters. The van der Waals surface area contributed by atoms with Gasteiger partial charge in [0.25, 0.3) is 0 Å². The van der Waals surface area contributed by atoms with Gasteiger partial charge in [0, 0.05) is 6.42 Å². The Bertz CT molecular complexity index is 406. The highest BCUT2D eigenvalue weighted by Gasteiger charge is 2.45. The van der Waals surface area contributed by atoms with Crippen LogP contribution in [0.5, 0.6) is 0 Å². The van der Waals surface area contributed by atoms with Gasteiger partial charge < -0.3 is 9.64 Å². The summed E-state index contributed by atoms with van der Waals surface area (Å²) in [5.41, 5.74) is 0. The van der Waals surface area contributed by atoms with Crippen molar-refractivity contribution in [3.8, 4) is 0 Å². The third-order valence-corrected chi connectivity index (χ3v) is 3.71. The van der Waals surface area contributed by atoms with E-state index in [1.54, 1.807) is 0 Å². The number of nitrogens with zero attached hydrogens (tertiary/aromatic N) is 1. The number of carbonyl (C=O) groups excluding carboxylic acids is 1. The number of halogens is 2. The van der Waals surface area contributed by atoms with E-state index in [1.807, 2.05) is 0 Å². The lowest BCUT2D eigenvalue weighted by Gasteiger charge is -2.15. The monoisotopic (exact) mass is 301 g/mol. The molecule has 1 fully saturated rings. The van der Waals surface area contributed by atoms with Gasteiger partial charge in [-0.3, -0.25) is 9.35 Å². The second-order valence-corrected chi connectivity index (χ2v) is 5.97. The van der Waals surface area contributed by atoms with Gasteiger partial charge in [0.15, 0.2) is 6.61 Å². The highest BCUT2D eigenvalue weighted by atomic mass is 32.2. The minimum absolute atomic E-state index is 0.0575. The molecule has 0 spiro atoms. The molecule has 6 nitrogen and oxygen atoms in total. The van der Waals surface area contributed by atoms with Crippen LogP contribution in [0.3, 0.4) is 0 Å². The molecule has 9 heteroatoms. The van der Waals surface area contributed by atoms with Gasteiger partial charge in [-0.2, -0.15) is 17.2 Å². The molecule has 1 rings (SSSR count). The van der Waals surface area contributed by atoms with E-state index < -0.39 is 27.9 Å². The van der Waals surface area contributed by atoms with Crippen molar-refractivity contribution in [3.63, 3.8) is 0 Å². The Labute approximate surface area is 110 Å². The first-order valence-electron chi connectivity index (χ1n) is 5.95. The second-order valence-electron chi connectivity index (χ2n) is 4.43. The summed E-state index contributed by atoms with van der Waals surface area (Å²) in [5, 5.41) is -4.46. The summed E-state index contributed by atoms with van der Waals surface area (Å²) in [6.45, 7) is 0.962. The largest absolute Gasteiger partial charge is 0.458 e. The van der Waals surface area contributed by atoms with E-state index in [9.17, 15) is 22.0 Å². The summed E-state index contributed by atoms with van der Waals surface area (Å²) in [7, 11) is -5.55. The van der Waals surface area contributed by atoms with Crippen LogP contribution in [0.25, 0.3) is 0 Å². The molecule has 1 saturated heterocycles. The van der Waals surface area contributed by atoms with Crippen LogP contribution < -0.4 is 0 Å². The van der Waals surface area contributed by atoms with Crippen molar-refractivity contribution in [2.45, 2.75) is 30.9 Å². The molecule has 0 amide bonds. The van der Waals surface area contributed by atoms with Crippen molar-refractivity contribution in [3.05, 3.63) is 0 Å². The average molecular weight is 301 g/mol. The van der Waals surface area contributed by atoms with Crippen LogP contribution in [0.2, 0.25) is 0 Å². The first kappa shape index (κ1) is 16.3. The molecule has 0 aliphatic carbocycles. The van der Waals surface area contributed by atoms with Gasteiger partial charge in [-0.1, -0.05) is 0 Å². The molecule has 0 radical (unpaired) electrons. The van der Waals surface area contributed by atoms with Crippen LogP contribution in [-0.4, -0.2) is 55.3 Å². The van der Waals surface area contributed by atoms with Gasteiger partial charge in [-0.15, -0.1) is 0 Å². The van der Waals surface area contributed by atoms with Gasteiger partial charge in [0.1, 0.15) is 0 Å². The summed E-state index contributed by atoms with van der Waals surface area (Å²) in [4.78, 5) is 13.3. The quantitative estimate of drug-likeness (QED) is 0.555. The zero-order valence-corrected chi connectivity index (χ0v) is 11.2. The number of likely N-dealkylation sites (tertiary alicyclic amines) is 1. The normalized spacial score (nSPS) is 17.6. The number of hydrogen-bond donors (Lipinski definition) is 1. The van der Waals surface area contributed by atoms with E-state index >= 15 is 0 Å². The number of hydrogen-bond acceptors (Lipinski definition) is 5. The summed E-state index contributed by atoms with van der Waals surface area (Å²) >= 11 is 0. The standard InChI is InChI=1S/C10H17F2NO5S/c11-10(12,19(15,16)17)8-18-9(14)4-3-7-13-5-1-2-6-13/h1-8H2,(H,15,16,17). The number of ether oxygens (including phenoxy) is 1. The summed E-state index contributed by atoms with van der Waals surface area (Å²) in [6, 6.07) is 0. The molecule has 1 heterocycles. The number of alkyl halides is 2. The second kappa shape index (κ2) is 6.58. The molecule has 19 heavy (non-hydrogen) atoms. The summed E-state index contributed by atoms with van der Waals surface area (Å²) < 4.78 is 58.3. The third kappa shape index (κ3) is 5.37. The molecular formula is C10H17F2NO5S. The fourth-order valence-electron chi connectivity index (χ4n) is 1.76. The van der Waals surface area contributed by atoms with Crippen LogP contribution in [0.4, 0.5) is 8.78 Å². The first-order valence-corrected chi connectivity index (χ1v) is 7.39. The van der Waals surface area contributed by atoms with Gasteiger partial charge >= 0.3 is 21.3 Å². The Kier molecular flexibility index (Phi) is 5.63. The van der Waals surface area contributed by atoms with Crippen LogP contribution in [0, 0.1) is 0 Å². The van der Waals surface area contributed by atoms with Crippen LogP contribution in [-0.2, 0) is 19.6 Å². The lowest BCUT2D eigenvalue weighted by atomic mass is 10.3. The van der Waals surface area contributed by atoms with Crippen molar-refractivity contribution in [2.75, 3.05) is 26.2 Å². The first-order chi connectivity index (χ1) is 8.72. The molecule has 0 aromatic rings. The zero-order valence-electron chi connectivity index (χ0n) is 10.3. The van der Waals surface area contributed by atoms with Crippen molar-refractivity contribution in [1.82, 2.24) is 4.90 Å². The highest BCUT2D eigenvalue weighted by molar-refractivity contribution is 7.86. The molecule has 1 aliphatic heterocycles. The predicted molar refractivity (Wildman–Crippen MR) is 62.4 cm³/mol. The molecule has 0 aromatic heterocycles. The van der Waals surface area contributed by atoms with Crippen LogP contribution in [0.15, 0.2) is 0 Å². The van der Waals surface area contributed by atoms with Crippen molar-refractivity contribution >= 4 is 16.1 Å². The summed E-state index contributed by atoms with van der Waals surface area (Å²) in [5.74, 6) is -0.900. The maximum atomic E-state index is 12.7. The average Bonchev–Trinajstić information content (AvgIpc) is 2.78. The van der Waals surface area contributed by atoms with Gasteiger partial charge in [-0.05, 0) is 38.9 Å². The van der Waals surface area contributed by atoms with E-state index in [1.165, 1.54) is 0 Å². The Balaban J connectivity index is 2.20. The minimum Gasteiger partial charge on any atom is -0.458 e. The SMILES string of the molecule is O=C(CCCN1CCCC1)OCC(F)(F)S(=O)(=O)O. The number of carbonyl (C=O) groups is 1. The molecule has 1 N–H and O–H groups in total. The molecule has 112 valence electrons. The van der Waals surface area contributed by atoms with E-state index in [0.717, 1.165) is 25.9 Å². The molecule has 1 aliphatic rings. The molecule has 0 aromatic carbocycles. The van der Waals surface area contributed by atoms with Crippen LogP contribution in [0.1, 0.15) is 25.7 Å². The smallest absolute Gasteiger partial charge is 0.402 e. The maximum absolute atomic E-state index is 12.7. The molecular weight excluding hydrogens is 284 g/mol. The highest BCUT2D eigenvalue weighted by Crippen LogP contribution is 2.20. The molecule has 0 unspecified atom stereocenters. The summed E-state index contributed by atoms with van der Waals surface area (Å²) in [6.07, 6.45) is 2.64. The predicted octanol–water partition coefficient (Wildman–Crippen LogP) is 0.886. The fraction of sp³-hybridized carbons (Fsp3) is 0.900. The van der Waals surface area contributed by atoms with Crippen molar-refractivity contribution < 1.29 is 31.3 Å². The molecule has 0 saturated carbocycles. The number of rotatable bonds is 7. The zero-order chi connectivity index (χ0) is 14.5. The lowest BCUT2D eigenvalue weighted by Crippen LogP contribution is -2.34. The minimum atomic E-state index is -5.55. The van der Waals surface area contributed by atoms with Crippen molar-refractivity contribution in [1.29, 1.82) is 0 Å². The molecule has 0 bridgehead atoms. The fourth-order valence-corrected chi connectivity index (χ4v) is 1.97. The maximum Gasteiger partial charge on any atom is 0.402 e. The topological polar surface area (TPSA) is 83.9 Å². The Hall–Kier alpha value is -0.800. The van der Waals surface area contributed by atoms with Gasteiger partial charge in [0.2, 0.25) is 0 Å². The van der Waals surface area contributed by atoms with E-state index in [0.29, 0.717) is 13.0 Å². The van der Waals surface area contributed by atoms with E-state index in [4.69, 9.17) is 4.55 Å².